The van der Waals surface area contributed by atoms with Crippen LogP contribution in [0, 0.1) is 0 Å². The Bertz CT molecular complexity index is 292. The molecule has 1 unspecified atom stereocenters. The fourth-order valence-corrected chi connectivity index (χ4v) is 0.836. The number of aliphatic carboxylic acids is 1. The van der Waals surface area contributed by atoms with Crippen LogP contribution >= 0.6 is 0 Å². The van der Waals surface area contributed by atoms with Crippen molar-refractivity contribution in [3.05, 3.63) is 0 Å². The molecule has 0 aliphatic heterocycles. The van der Waals surface area contributed by atoms with Gasteiger partial charge in [-0.05, 0) is 13.3 Å². The normalized spacial score (nSPS) is 13.7. The van der Waals surface area contributed by atoms with Crippen molar-refractivity contribution < 1.29 is 24.2 Å². The summed E-state index contributed by atoms with van der Waals surface area (Å²) in [5.74, 6) is -1.70. The average molecular weight is 232 g/mol. The molecule has 0 aliphatic carbocycles. The van der Waals surface area contributed by atoms with Crippen LogP contribution in [-0.2, 0) is 14.3 Å². The summed E-state index contributed by atoms with van der Waals surface area (Å²) in [4.78, 5) is 32.6. The molecule has 92 valence electrons. The fourth-order valence-electron chi connectivity index (χ4n) is 0.836. The second kappa shape index (κ2) is 6.06. The lowest BCUT2D eigenvalue weighted by atomic mass is 9.99. The molecule has 0 spiro atoms. The lowest BCUT2D eigenvalue weighted by Crippen LogP contribution is -2.52. The number of imide groups is 1. The van der Waals surface area contributed by atoms with Crippen LogP contribution in [0.1, 0.15) is 20.3 Å². The average Bonchev–Trinajstić information content (AvgIpc) is 2.25. The maximum atomic E-state index is 11.1. The van der Waals surface area contributed by atoms with Gasteiger partial charge < -0.3 is 9.84 Å². The third-order valence-corrected chi connectivity index (χ3v) is 2.25. The first kappa shape index (κ1) is 14.4. The smallest absolute Gasteiger partial charge is 0.413 e. The van der Waals surface area contributed by atoms with E-state index in [0.29, 0.717) is 6.42 Å². The van der Waals surface area contributed by atoms with Crippen molar-refractivity contribution in [2.75, 3.05) is 13.7 Å². The summed E-state index contributed by atoms with van der Waals surface area (Å²) in [7, 11) is 1.13. The Morgan fingerprint density at radius 3 is 2.31 bits per heavy atom. The van der Waals surface area contributed by atoms with Gasteiger partial charge in [0.25, 0.3) is 0 Å². The standard InChI is InChI=1S/C9H16N2O5/c1-4-9(2,7(13)14)10-5-6(12)11-8(15)16-3/h10H,4-5H2,1-3H3,(H,13,14)(H,11,12,15). The molecular formula is C9H16N2O5. The summed E-state index contributed by atoms with van der Waals surface area (Å²) < 4.78 is 4.21. The number of methoxy groups -OCH3 is 1. The van der Waals surface area contributed by atoms with E-state index in [9.17, 15) is 14.4 Å². The van der Waals surface area contributed by atoms with Crippen LogP contribution in [0.25, 0.3) is 0 Å². The number of hydrogen-bond acceptors (Lipinski definition) is 5. The molecule has 1 atom stereocenters. The Morgan fingerprint density at radius 1 is 1.38 bits per heavy atom. The van der Waals surface area contributed by atoms with E-state index >= 15 is 0 Å². The summed E-state index contributed by atoms with van der Waals surface area (Å²) in [6.45, 7) is 2.87. The molecule has 0 rings (SSSR count). The molecule has 2 amide bonds. The number of carbonyl (C=O) groups excluding carboxylic acids is 2. The molecule has 0 radical (unpaired) electrons. The van der Waals surface area contributed by atoms with Crippen LogP contribution in [0.3, 0.4) is 0 Å². The molecule has 0 aromatic heterocycles. The zero-order chi connectivity index (χ0) is 12.8. The third kappa shape index (κ3) is 4.26. The minimum Gasteiger partial charge on any atom is -0.480 e. The van der Waals surface area contributed by atoms with Crippen molar-refractivity contribution in [2.24, 2.45) is 0 Å². The quantitative estimate of drug-likeness (QED) is 0.601. The van der Waals surface area contributed by atoms with Crippen molar-refractivity contribution in [2.45, 2.75) is 25.8 Å². The van der Waals surface area contributed by atoms with E-state index in [2.05, 4.69) is 10.1 Å². The summed E-state index contributed by atoms with van der Waals surface area (Å²) in [5.41, 5.74) is -1.19. The Morgan fingerprint density at radius 2 is 1.94 bits per heavy atom. The number of hydrogen-bond donors (Lipinski definition) is 3. The van der Waals surface area contributed by atoms with Gasteiger partial charge in [0.1, 0.15) is 5.54 Å². The highest BCUT2D eigenvalue weighted by Crippen LogP contribution is 2.08. The molecule has 0 aromatic carbocycles. The second-order valence-corrected chi connectivity index (χ2v) is 3.38. The number of rotatable bonds is 5. The Kier molecular flexibility index (Phi) is 5.44. The number of carboxylic acids is 1. The van der Waals surface area contributed by atoms with Crippen LogP contribution in [0.4, 0.5) is 4.79 Å². The first-order chi connectivity index (χ1) is 7.35. The summed E-state index contributed by atoms with van der Waals surface area (Å²) in [6, 6.07) is 0. The molecule has 0 heterocycles. The van der Waals surface area contributed by atoms with Gasteiger partial charge in [0.05, 0.1) is 13.7 Å². The van der Waals surface area contributed by atoms with Gasteiger partial charge in [0.2, 0.25) is 5.91 Å². The van der Waals surface area contributed by atoms with Crippen molar-refractivity contribution in [1.82, 2.24) is 10.6 Å². The highest BCUT2D eigenvalue weighted by atomic mass is 16.5. The van der Waals surface area contributed by atoms with Crippen LogP contribution in [0.5, 0.6) is 0 Å². The van der Waals surface area contributed by atoms with E-state index in [4.69, 9.17) is 5.11 Å². The van der Waals surface area contributed by atoms with Gasteiger partial charge in [0.15, 0.2) is 0 Å². The zero-order valence-electron chi connectivity index (χ0n) is 9.49. The zero-order valence-corrected chi connectivity index (χ0v) is 9.49. The minimum absolute atomic E-state index is 0.272. The molecule has 7 nitrogen and oxygen atoms in total. The predicted octanol–water partition coefficient (Wildman–Crippen LogP) is -0.288. The summed E-state index contributed by atoms with van der Waals surface area (Å²) in [5, 5.41) is 13.4. The summed E-state index contributed by atoms with van der Waals surface area (Å²) >= 11 is 0. The largest absolute Gasteiger partial charge is 0.480 e. The van der Waals surface area contributed by atoms with Gasteiger partial charge in [-0.25, -0.2) is 4.79 Å². The van der Waals surface area contributed by atoms with Gasteiger partial charge in [-0.3, -0.25) is 20.2 Å². The number of nitrogens with one attached hydrogen (secondary N) is 2. The van der Waals surface area contributed by atoms with Crippen molar-refractivity contribution in [3.63, 3.8) is 0 Å². The van der Waals surface area contributed by atoms with Crippen molar-refractivity contribution in [3.8, 4) is 0 Å². The SMILES string of the molecule is CCC(C)(NCC(=O)NC(=O)OC)C(=O)O. The molecular weight excluding hydrogens is 216 g/mol. The van der Waals surface area contributed by atoms with Crippen LogP contribution in [0.2, 0.25) is 0 Å². The van der Waals surface area contributed by atoms with E-state index < -0.39 is 23.5 Å². The molecule has 0 saturated carbocycles. The Hall–Kier alpha value is -1.63. The van der Waals surface area contributed by atoms with Crippen LogP contribution in [0.15, 0.2) is 0 Å². The number of amides is 2. The highest BCUT2D eigenvalue weighted by molar-refractivity contribution is 5.93. The number of carboxylic acid groups (broad SMARTS) is 1. The summed E-state index contributed by atoms with van der Waals surface area (Å²) in [6.07, 6.45) is -0.561. The van der Waals surface area contributed by atoms with Crippen LogP contribution < -0.4 is 10.6 Å². The minimum atomic E-state index is -1.19. The third-order valence-electron chi connectivity index (χ3n) is 2.25. The maximum absolute atomic E-state index is 11.1. The Balaban J connectivity index is 4.18. The molecule has 0 fully saturated rings. The number of alkyl carbamates (subject to hydrolysis) is 1. The van der Waals surface area contributed by atoms with E-state index in [0.717, 1.165) is 7.11 Å². The van der Waals surface area contributed by atoms with Gasteiger partial charge in [-0.1, -0.05) is 6.92 Å². The molecule has 3 N–H and O–H groups in total. The number of carbonyl (C=O) groups is 3. The first-order valence-corrected chi connectivity index (χ1v) is 4.72. The molecule has 0 aliphatic rings. The molecule has 0 aromatic rings. The van der Waals surface area contributed by atoms with E-state index in [-0.39, 0.29) is 6.54 Å². The maximum Gasteiger partial charge on any atom is 0.413 e. The lowest BCUT2D eigenvalue weighted by molar-refractivity contribution is -0.144. The van der Waals surface area contributed by atoms with Crippen molar-refractivity contribution in [1.29, 1.82) is 0 Å². The fraction of sp³-hybridized carbons (Fsp3) is 0.667. The first-order valence-electron chi connectivity index (χ1n) is 4.72. The lowest BCUT2D eigenvalue weighted by Gasteiger charge is -2.24. The topological polar surface area (TPSA) is 105 Å². The van der Waals surface area contributed by atoms with Crippen molar-refractivity contribution >= 4 is 18.0 Å². The molecule has 7 heteroatoms. The predicted molar refractivity (Wildman–Crippen MR) is 54.9 cm³/mol. The van der Waals surface area contributed by atoms with Gasteiger partial charge >= 0.3 is 12.1 Å². The highest BCUT2D eigenvalue weighted by Gasteiger charge is 2.30. The molecule has 0 bridgehead atoms. The number of ether oxygens (including phenoxy) is 1. The Labute approximate surface area is 93.2 Å². The van der Waals surface area contributed by atoms with Gasteiger partial charge in [-0.15, -0.1) is 0 Å². The van der Waals surface area contributed by atoms with E-state index in [1.807, 2.05) is 5.32 Å². The van der Waals surface area contributed by atoms with Gasteiger partial charge in [0, 0.05) is 0 Å². The monoisotopic (exact) mass is 232 g/mol. The van der Waals surface area contributed by atoms with E-state index in [1.165, 1.54) is 6.92 Å². The molecule has 16 heavy (non-hydrogen) atoms. The van der Waals surface area contributed by atoms with Gasteiger partial charge in [-0.2, -0.15) is 0 Å². The van der Waals surface area contributed by atoms with Crippen LogP contribution in [-0.4, -0.2) is 42.3 Å². The second-order valence-electron chi connectivity index (χ2n) is 3.38. The van der Waals surface area contributed by atoms with E-state index in [1.54, 1.807) is 6.92 Å². The molecule has 0 saturated heterocycles.